The van der Waals surface area contributed by atoms with Gasteiger partial charge in [-0.1, -0.05) is 11.6 Å². The summed E-state index contributed by atoms with van der Waals surface area (Å²) in [7, 11) is 2.22. The molecular formula is C12H19ClN2S. The molecule has 2 atom stereocenters. The molecule has 1 saturated heterocycles. The maximum absolute atomic E-state index is 5.98. The molecule has 4 heteroatoms. The molecule has 2 rings (SSSR count). The molecule has 1 aliphatic heterocycles. The van der Waals surface area contributed by atoms with Gasteiger partial charge in [0.25, 0.3) is 0 Å². The fourth-order valence-electron chi connectivity index (χ4n) is 2.25. The van der Waals surface area contributed by atoms with E-state index in [-0.39, 0.29) is 0 Å². The minimum atomic E-state index is 0.461. The Morgan fingerprint density at radius 2 is 2.38 bits per heavy atom. The van der Waals surface area contributed by atoms with Gasteiger partial charge in [0.2, 0.25) is 0 Å². The highest BCUT2D eigenvalue weighted by Gasteiger charge is 2.23. The van der Waals surface area contributed by atoms with Crippen LogP contribution in [0.15, 0.2) is 12.1 Å². The molecule has 0 radical (unpaired) electrons. The summed E-state index contributed by atoms with van der Waals surface area (Å²) in [4.78, 5) is 3.83. The Balaban J connectivity index is 2.00. The van der Waals surface area contributed by atoms with Gasteiger partial charge >= 0.3 is 0 Å². The van der Waals surface area contributed by atoms with Gasteiger partial charge < -0.3 is 5.32 Å². The van der Waals surface area contributed by atoms with E-state index in [0.717, 1.165) is 10.9 Å². The van der Waals surface area contributed by atoms with Gasteiger partial charge in [0.1, 0.15) is 0 Å². The first kappa shape index (κ1) is 12.4. The summed E-state index contributed by atoms with van der Waals surface area (Å²) in [6, 6.07) is 5.25. The lowest BCUT2D eigenvalue weighted by atomic mass is 10.0. The molecule has 2 nitrogen and oxygen atoms in total. The molecule has 1 aliphatic rings. The number of hydrogen-bond donors (Lipinski definition) is 1. The average molecular weight is 259 g/mol. The number of halogens is 1. The van der Waals surface area contributed by atoms with Crippen LogP contribution in [0.3, 0.4) is 0 Å². The molecule has 1 aromatic rings. The zero-order chi connectivity index (χ0) is 11.5. The molecule has 90 valence electrons. The SMILES string of the molecule is CC(c1ccc(Cl)s1)N(C)C1CCCNC1. The Labute approximate surface area is 107 Å². The summed E-state index contributed by atoms with van der Waals surface area (Å²) in [6.45, 7) is 4.54. The van der Waals surface area contributed by atoms with Crippen molar-refractivity contribution in [2.24, 2.45) is 0 Å². The number of piperidine rings is 1. The molecule has 0 aromatic carbocycles. The van der Waals surface area contributed by atoms with Crippen molar-refractivity contribution < 1.29 is 0 Å². The van der Waals surface area contributed by atoms with Crippen LogP contribution in [-0.4, -0.2) is 31.1 Å². The average Bonchev–Trinajstić information content (AvgIpc) is 2.75. The van der Waals surface area contributed by atoms with Crippen LogP contribution in [0.4, 0.5) is 0 Å². The second-order valence-corrected chi connectivity index (χ2v) is 6.23. The van der Waals surface area contributed by atoms with Crippen LogP contribution in [0.5, 0.6) is 0 Å². The first-order valence-corrected chi connectivity index (χ1v) is 7.06. The standard InChI is InChI=1S/C12H19ClN2S/c1-9(11-5-6-12(13)16-11)15(2)10-4-3-7-14-8-10/h5-6,9-10,14H,3-4,7-8H2,1-2H3. The van der Waals surface area contributed by atoms with E-state index in [9.17, 15) is 0 Å². The van der Waals surface area contributed by atoms with E-state index >= 15 is 0 Å². The predicted octanol–water partition coefficient (Wildman–Crippen LogP) is 3.15. The van der Waals surface area contributed by atoms with Crippen molar-refractivity contribution in [1.29, 1.82) is 0 Å². The Morgan fingerprint density at radius 1 is 1.56 bits per heavy atom. The van der Waals surface area contributed by atoms with Crippen molar-refractivity contribution in [3.05, 3.63) is 21.3 Å². The maximum atomic E-state index is 5.98. The number of thiophene rings is 1. The molecule has 0 bridgehead atoms. The van der Waals surface area contributed by atoms with Gasteiger partial charge in [-0.15, -0.1) is 11.3 Å². The fraction of sp³-hybridized carbons (Fsp3) is 0.667. The smallest absolute Gasteiger partial charge is 0.0931 e. The third kappa shape index (κ3) is 2.77. The summed E-state index contributed by atoms with van der Waals surface area (Å²) in [5.41, 5.74) is 0. The number of nitrogens with one attached hydrogen (secondary N) is 1. The Bertz CT molecular complexity index is 334. The van der Waals surface area contributed by atoms with Crippen molar-refractivity contribution in [1.82, 2.24) is 10.2 Å². The molecule has 0 aliphatic carbocycles. The molecule has 1 fully saturated rings. The number of nitrogens with zero attached hydrogens (tertiary/aromatic N) is 1. The maximum Gasteiger partial charge on any atom is 0.0931 e. The molecule has 1 aromatic heterocycles. The normalized spacial score (nSPS) is 23.6. The molecule has 2 heterocycles. The highest BCUT2D eigenvalue weighted by Crippen LogP contribution is 2.31. The van der Waals surface area contributed by atoms with E-state index in [2.05, 4.69) is 30.3 Å². The van der Waals surface area contributed by atoms with Gasteiger partial charge in [-0.25, -0.2) is 0 Å². The van der Waals surface area contributed by atoms with Crippen LogP contribution < -0.4 is 5.32 Å². The van der Waals surface area contributed by atoms with Gasteiger partial charge in [-0.05, 0) is 45.5 Å². The van der Waals surface area contributed by atoms with Crippen LogP contribution >= 0.6 is 22.9 Å². The van der Waals surface area contributed by atoms with E-state index in [0.29, 0.717) is 12.1 Å². The molecule has 0 spiro atoms. The topological polar surface area (TPSA) is 15.3 Å². The highest BCUT2D eigenvalue weighted by molar-refractivity contribution is 7.16. The first-order valence-electron chi connectivity index (χ1n) is 5.86. The predicted molar refractivity (Wildman–Crippen MR) is 71.4 cm³/mol. The summed E-state index contributed by atoms with van der Waals surface area (Å²) in [6.07, 6.45) is 2.58. The van der Waals surface area contributed by atoms with Crippen molar-refractivity contribution in [2.75, 3.05) is 20.1 Å². The van der Waals surface area contributed by atoms with E-state index in [1.54, 1.807) is 11.3 Å². The Kier molecular flexibility index (Phi) is 4.25. The van der Waals surface area contributed by atoms with Gasteiger partial charge in [-0.3, -0.25) is 4.90 Å². The summed E-state index contributed by atoms with van der Waals surface area (Å²) in [5.74, 6) is 0. The highest BCUT2D eigenvalue weighted by atomic mass is 35.5. The summed E-state index contributed by atoms with van der Waals surface area (Å²) in [5, 5.41) is 3.46. The molecule has 1 N–H and O–H groups in total. The van der Waals surface area contributed by atoms with Crippen LogP contribution in [0.25, 0.3) is 0 Å². The molecule has 2 unspecified atom stereocenters. The van der Waals surface area contributed by atoms with Crippen molar-refractivity contribution in [3.63, 3.8) is 0 Å². The summed E-state index contributed by atoms with van der Waals surface area (Å²) < 4.78 is 0.886. The summed E-state index contributed by atoms with van der Waals surface area (Å²) >= 11 is 7.67. The van der Waals surface area contributed by atoms with Crippen LogP contribution in [0.2, 0.25) is 4.34 Å². The monoisotopic (exact) mass is 258 g/mol. The zero-order valence-electron chi connectivity index (χ0n) is 9.87. The van der Waals surface area contributed by atoms with Gasteiger partial charge in [0, 0.05) is 23.5 Å². The fourth-order valence-corrected chi connectivity index (χ4v) is 3.42. The van der Waals surface area contributed by atoms with E-state index in [1.807, 2.05) is 6.07 Å². The van der Waals surface area contributed by atoms with Crippen molar-refractivity contribution >= 4 is 22.9 Å². The van der Waals surface area contributed by atoms with E-state index < -0.39 is 0 Å². The lowest BCUT2D eigenvalue weighted by Crippen LogP contribution is -2.44. The van der Waals surface area contributed by atoms with Crippen molar-refractivity contribution in [2.45, 2.75) is 31.8 Å². The van der Waals surface area contributed by atoms with Crippen LogP contribution in [0, 0.1) is 0 Å². The second-order valence-electron chi connectivity index (χ2n) is 4.48. The second kappa shape index (κ2) is 5.50. The Hall–Kier alpha value is -0.0900. The lowest BCUT2D eigenvalue weighted by Gasteiger charge is -2.35. The largest absolute Gasteiger partial charge is 0.315 e. The van der Waals surface area contributed by atoms with Crippen LogP contribution in [0.1, 0.15) is 30.7 Å². The Morgan fingerprint density at radius 3 is 2.94 bits per heavy atom. The van der Waals surface area contributed by atoms with Gasteiger partial charge in [-0.2, -0.15) is 0 Å². The molecule has 0 amide bonds. The first-order chi connectivity index (χ1) is 7.68. The van der Waals surface area contributed by atoms with Crippen molar-refractivity contribution in [3.8, 4) is 0 Å². The van der Waals surface area contributed by atoms with E-state index in [1.165, 1.54) is 24.3 Å². The number of rotatable bonds is 3. The third-order valence-corrected chi connectivity index (χ3v) is 4.86. The zero-order valence-corrected chi connectivity index (χ0v) is 11.4. The lowest BCUT2D eigenvalue weighted by molar-refractivity contribution is 0.158. The molecular weight excluding hydrogens is 240 g/mol. The minimum Gasteiger partial charge on any atom is -0.315 e. The van der Waals surface area contributed by atoms with E-state index in [4.69, 9.17) is 11.6 Å². The third-order valence-electron chi connectivity index (χ3n) is 3.46. The number of hydrogen-bond acceptors (Lipinski definition) is 3. The number of likely N-dealkylation sites (N-methyl/N-ethyl adjacent to an activating group) is 1. The quantitative estimate of drug-likeness (QED) is 0.896. The minimum absolute atomic E-state index is 0.461. The van der Waals surface area contributed by atoms with Gasteiger partial charge in [0.15, 0.2) is 0 Å². The molecule has 16 heavy (non-hydrogen) atoms. The van der Waals surface area contributed by atoms with Gasteiger partial charge in [0.05, 0.1) is 4.34 Å². The van der Waals surface area contributed by atoms with Crippen LogP contribution in [-0.2, 0) is 0 Å². The molecule has 0 saturated carbocycles.